The van der Waals surface area contributed by atoms with E-state index in [1.807, 2.05) is 0 Å². The first-order valence-corrected chi connectivity index (χ1v) is 15.7. The van der Waals surface area contributed by atoms with Crippen LogP contribution in [0.4, 0.5) is 5.69 Å². The van der Waals surface area contributed by atoms with Crippen LogP contribution in [0.15, 0.2) is 28.4 Å². The van der Waals surface area contributed by atoms with Crippen LogP contribution in [-0.2, 0) is 4.79 Å². The molecule has 0 unspecified atom stereocenters. The maximum Gasteiger partial charge on any atom is 0.264 e. The molecule has 0 bridgehead atoms. The van der Waals surface area contributed by atoms with Crippen molar-refractivity contribution in [3.63, 3.8) is 0 Å². The fraction of sp³-hybridized carbons (Fsp3) is 0.719. The number of carbonyl (C=O) groups excluding carboxylic acids is 1. The number of aromatic nitrogens is 1. The van der Waals surface area contributed by atoms with Gasteiger partial charge in [-0.2, -0.15) is 0 Å². The molecule has 1 aromatic carbocycles. The summed E-state index contributed by atoms with van der Waals surface area (Å²) in [4.78, 5) is 15.6. The molecule has 0 radical (unpaired) electrons. The normalized spacial score (nSPS) is 40.1. The smallest absolute Gasteiger partial charge is 0.264 e. The van der Waals surface area contributed by atoms with Crippen molar-refractivity contribution in [3.05, 3.63) is 23.2 Å². The number of aliphatic hydroxyl groups is 2. The molecule has 2 aromatic rings. The number of aromatic amines is 1. The molecular weight excluding hydrogens is 526 g/mol. The molecule has 7 nitrogen and oxygen atoms in total. The molecule has 4 saturated carbocycles. The number of rotatable bonds is 5. The molecule has 1 aromatic heterocycles. The zero-order chi connectivity index (χ0) is 28.4. The van der Waals surface area contributed by atoms with Crippen LogP contribution in [0, 0.1) is 46.3 Å². The molecule has 40 heavy (non-hydrogen) atoms. The lowest BCUT2D eigenvalue weighted by Gasteiger charge is -2.62. The Labute approximate surface area is 241 Å². The molecule has 1 amide bonds. The number of carbonyl (C=O) groups is 1. The Bertz CT molecular complexity index is 1310. The van der Waals surface area contributed by atoms with Gasteiger partial charge in [0.05, 0.1) is 17.7 Å². The van der Waals surface area contributed by atoms with E-state index >= 15 is 0 Å². The number of fused-ring (bicyclic) bond motifs is 6. The van der Waals surface area contributed by atoms with Crippen LogP contribution in [0.1, 0.15) is 85.0 Å². The summed E-state index contributed by atoms with van der Waals surface area (Å²) in [5.41, 5.74) is 1.33. The number of aromatic hydroxyl groups is 1. The van der Waals surface area contributed by atoms with Gasteiger partial charge in [0, 0.05) is 16.8 Å². The highest BCUT2D eigenvalue weighted by Crippen LogP contribution is 2.68. The van der Waals surface area contributed by atoms with Crippen LogP contribution < -0.4 is 0 Å². The maximum absolute atomic E-state index is 12.7. The summed E-state index contributed by atoms with van der Waals surface area (Å²) >= 11 is 6.10. The molecule has 6 rings (SSSR count). The van der Waals surface area contributed by atoms with Crippen LogP contribution in [0.25, 0.3) is 10.9 Å². The summed E-state index contributed by atoms with van der Waals surface area (Å²) in [6.07, 6.45) is 8.90. The minimum atomic E-state index is -0.285. The zero-order valence-corrected chi connectivity index (χ0v) is 24.7. The number of nitrogens with zero attached hydrogens (tertiary/aromatic N) is 2. The summed E-state index contributed by atoms with van der Waals surface area (Å²) < 4.78 is 0. The maximum atomic E-state index is 12.7. The van der Waals surface area contributed by atoms with Crippen molar-refractivity contribution >= 4 is 34.1 Å². The molecule has 0 saturated heterocycles. The molecule has 218 valence electrons. The second-order valence-electron chi connectivity index (χ2n) is 14.1. The second-order valence-corrected chi connectivity index (χ2v) is 14.5. The van der Waals surface area contributed by atoms with Gasteiger partial charge in [-0.3, -0.25) is 4.79 Å². The highest BCUT2D eigenvalue weighted by molar-refractivity contribution is 6.31. The van der Waals surface area contributed by atoms with Gasteiger partial charge < -0.3 is 20.3 Å². The lowest BCUT2D eigenvalue weighted by molar-refractivity contribution is -0.174. The van der Waals surface area contributed by atoms with E-state index in [-0.39, 0.29) is 40.5 Å². The summed E-state index contributed by atoms with van der Waals surface area (Å²) in [5.74, 6) is 2.32. The monoisotopic (exact) mass is 569 g/mol. The fourth-order valence-corrected chi connectivity index (χ4v) is 10.3. The Morgan fingerprint density at radius 3 is 2.65 bits per heavy atom. The average molecular weight is 570 g/mol. The van der Waals surface area contributed by atoms with Gasteiger partial charge >= 0.3 is 0 Å². The van der Waals surface area contributed by atoms with E-state index < -0.39 is 0 Å². The van der Waals surface area contributed by atoms with E-state index in [2.05, 4.69) is 36.0 Å². The highest BCUT2D eigenvalue weighted by Gasteiger charge is 2.62. The van der Waals surface area contributed by atoms with Crippen molar-refractivity contribution < 1.29 is 20.1 Å². The lowest BCUT2D eigenvalue weighted by atomic mass is 9.43. The van der Waals surface area contributed by atoms with E-state index in [1.54, 1.807) is 18.2 Å². The van der Waals surface area contributed by atoms with Crippen LogP contribution in [0.2, 0.25) is 5.02 Å². The Balaban J connectivity index is 1.11. The number of nitrogens with one attached hydrogen (secondary N) is 1. The third kappa shape index (κ3) is 4.60. The number of hydrogen-bond acceptors (Lipinski definition) is 5. The van der Waals surface area contributed by atoms with Gasteiger partial charge in [0.1, 0.15) is 0 Å². The van der Waals surface area contributed by atoms with E-state index in [4.69, 9.17) is 11.6 Å². The van der Waals surface area contributed by atoms with Crippen molar-refractivity contribution in [2.75, 3.05) is 0 Å². The number of H-pyrrole nitrogens is 1. The SMILES string of the molecule is C[C@H](CCC(=O)N=Nc1c(O)[nH]c2ccc(Cl)cc12)[C@@H]1CC[C@@H]2[C@H]3[C@H](O)C[C@H]4C[C@@H](O)CC[C@]4(C)[C@@H]3CC[C@@]21C. The zero-order valence-electron chi connectivity index (χ0n) is 23.9. The molecule has 10 atom stereocenters. The third-order valence-electron chi connectivity index (χ3n) is 12.2. The molecule has 4 aliphatic carbocycles. The van der Waals surface area contributed by atoms with Gasteiger partial charge in [0.2, 0.25) is 5.88 Å². The van der Waals surface area contributed by atoms with Gasteiger partial charge in [0.15, 0.2) is 5.69 Å². The van der Waals surface area contributed by atoms with Crippen molar-refractivity contribution in [2.45, 2.75) is 97.2 Å². The molecular formula is C32H44ClN3O4. The standard InChI is InChI=1S/C32H44ClN3O4/c1-17(4-9-27(39)35-36-29-21-16-19(33)5-8-25(21)34-30(29)40)22-6-7-23-28-24(11-13-32(22,23)3)31(2)12-10-20(37)14-18(31)15-26(28)38/h5,8,16-18,20,22-24,26,28,34,37-38,40H,4,6-7,9-15H2,1-3H3/t17-,18-,20+,22+,23-,24-,26-,28-,31+,32-/m1/s1. The lowest BCUT2D eigenvalue weighted by Crippen LogP contribution is -2.58. The number of benzene rings is 1. The highest BCUT2D eigenvalue weighted by atomic mass is 35.5. The molecule has 1 heterocycles. The van der Waals surface area contributed by atoms with Crippen molar-refractivity contribution in [2.24, 2.45) is 56.6 Å². The van der Waals surface area contributed by atoms with Crippen molar-refractivity contribution in [3.8, 4) is 5.88 Å². The second kappa shape index (κ2) is 10.4. The summed E-state index contributed by atoms with van der Waals surface area (Å²) in [6, 6.07) is 5.18. The van der Waals surface area contributed by atoms with E-state index in [0.29, 0.717) is 57.9 Å². The summed E-state index contributed by atoms with van der Waals surface area (Å²) in [7, 11) is 0. The van der Waals surface area contributed by atoms with Gasteiger partial charge in [-0.25, -0.2) is 0 Å². The summed E-state index contributed by atoms with van der Waals surface area (Å²) in [5, 5.41) is 41.2. The van der Waals surface area contributed by atoms with Crippen molar-refractivity contribution in [1.29, 1.82) is 0 Å². The minimum Gasteiger partial charge on any atom is -0.493 e. The molecule has 4 fully saturated rings. The van der Waals surface area contributed by atoms with Crippen LogP contribution >= 0.6 is 11.6 Å². The quantitative estimate of drug-likeness (QED) is 0.278. The topological polar surface area (TPSA) is 118 Å². The van der Waals surface area contributed by atoms with Gasteiger partial charge in [-0.15, -0.1) is 10.2 Å². The van der Waals surface area contributed by atoms with E-state index in [9.17, 15) is 20.1 Å². The molecule has 4 N–H and O–H groups in total. The Morgan fingerprint density at radius 2 is 1.85 bits per heavy atom. The first-order valence-electron chi connectivity index (χ1n) is 15.3. The Kier molecular flexibility index (Phi) is 7.32. The fourth-order valence-electron chi connectivity index (χ4n) is 10.1. The van der Waals surface area contributed by atoms with Crippen molar-refractivity contribution in [1.82, 2.24) is 4.98 Å². The van der Waals surface area contributed by atoms with Crippen LogP contribution in [0.3, 0.4) is 0 Å². The predicted octanol–water partition coefficient (Wildman–Crippen LogP) is 7.54. The largest absolute Gasteiger partial charge is 0.493 e. The molecule has 0 aliphatic heterocycles. The average Bonchev–Trinajstić information content (AvgIpc) is 3.42. The predicted molar refractivity (Wildman–Crippen MR) is 156 cm³/mol. The number of azo groups is 1. The van der Waals surface area contributed by atoms with Gasteiger partial charge in [-0.1, -0.05) is 32.4 Å². The van der Waals surface area contributed by atoms with Gasteiger partial charge in [-0.05, 0) is 122 Å². The minimum absolute atomic E-state index is 0.128. The first-order chi connectivity index (χ1) is 19.0. The van der Waals surface area contributed by atoms with E-state index in [0.717, 1.165) is 51.4 Å². The Morgan fingerprint density at radius 1 is 1.10 bits per heavy atom. The Hall–Kier alpha value is -1.96. The number of hydrogen-bond donors (Lipinski definition) is 4. The first kappa shape index (κ1) is 28.2. The number of halogens is 1. The van der Waals surface area contributed by atoms with Gasteiger partial charge in [0.25, 0.3) is 5.91 Å². The molecule has 0 spiro atoms. The number of amides is 1. The molecule has 4 aliphatic rings. The van der Waals surface area contributed by atoms with E-state index in [1.165, 1.54) is 6.42 Å². The third-order valence-corrected chi connectivity index (χ3v) is 12.4. The molecule has 8 heteroatoms. The number of aliphatic hydroxyl groups excluding tert-OH is 2. The summed E-state index contributed by atoms with van der Waals surface area (Å²) in [6.45, 7) is 7.19. The van der Waals surface area contributed by atoms with Crippen LogP contribution in [0.5, 0.6) is 5.88 Å². The van der Waals surface area contributed by atoms with Crippen LogP contribution in [-0.4, -0.2) is 38.4 Å².